The van der Waals surface area contributed by atoms with Crippen molar-refractivity contribution in [3.63, 3.8) is 0 Å². The SMILES string of the molecule is CC1CN(c2ccc([C@H](C)O)cc2[N+](=O)[O-])CCO1. The molecule has 6 nitrogen and oxygen atoms in total. The van der Waals surface area contributed by atoms with Crippen LogP contribution in [0.3, 0.4) is 0 Å². The fourth-order valence-corrected chi connectivity index (χ4v) is 2.25. The summed E-state index contributed by atoms with van der Waals surface area (Å²) in [5, 5.41) is 20.7. The van der Waals surface area contributed by atoms with Crippen molar-refractivity contribution < 1.29 is 14.8 Å². The zero-order chi connectivity index (χ0) is 14.0. The third-order valence-electron chi connectivity index (χ3n) is 3.26. The zero-order valence-electron chi connectivity index (χ0n) is 11.1. The van der Waals surface area contributed by atoms with E-state index in [-0.39, 0.29) is 11.8 Å². The highest BCUT2D eigenvalue weighted by Gasteiger charge is 2.24. The van der Waals surface area contributed by atoms with Crippen LogP contribution in [0.1, 0.15) is 25.5 Å². The van der Waals surface area contributed by atoms with Crippen LogP contribution in [0.25, 0.3) is 0 Å². The molecule has 0 radical (unpaired) electrons. The Hall–Kier alpha value is -1.66. The van der Waals surface area contributed by atoms with Gasteiger partial charge in [-0.15, -0.1) is 0 Å². The molecule has 0 aromatic heterocycles. The molecule has 19 heavy (non-hydrogen) atoms. The molecule has 0 aliphatic carbocycles. The van der Waals surface area contributed by atoms with Crippen LogP contribution in [0, 0.1) is 10.1 Å². The number of hydrogen-bond donors (Lipinski definition) is 1. The van der Waals surface area contributed by atoms with Gasteiger partial charge in [0.05, 0.1) is 23.7 Å². The predicted molar refractivity (Wildman–Crippen MR) is 71.4 cm³/mol. The summed E-state index contributed by atoms with van der Waals surface area (Å²) in [7, 11) is 0. The maximum Gasteiger partial charge on any atom is 0.292 e. The standard InChI is InChI=1S/C13H18N2O4/c1-9-8-14(5-6-19-9)12-4-3-11(10(2)16)7-13(12)15(17)18/h3-4,7,9-10,16H,5-6,8H2,1-2H3/t9?,10-/m0/s1. The van der Waals surface area contributed by atoms with Gasteiger partial charge in [-0.1, -0.05) is 6.07 Å². The number of ether oxygens (including phenoxy) is 1. The van der Waals surface area contributed by atoms with Crippen LogP contribution in [0.15, 0.2) is 18.2 Å². The number of anilines is 1. The van der Waals surface area contributed by atoms with Gasteiger partial charge in [0, 0.05) is 19.2 Å². The zero-order valence-corrected chi connectivity index (χ0v) is 11.1. The van der Waals surface area contributed by atoms with Gasteiger partial charge >= 0.3 is 0 Å². The number of aliphatic hydroxyl groups is 1. The Bertz CT molecular complexity index is 476. The summed E-state index contributed by atoms with van der Waals surface area (Å²) in [6, 6.07) is 4.88. The van der Waals surface area contributed by atoms with Gasteiger partial charge < -0.3 is 14.7 Å². The first kappa shape index (κ1) is 13.8. The van der Waals surface area contributed by atoms with Crippen LogP contribution in [0.4, 0.5) is 11.4 Å². The fourth-order valence-electron chi connectivity index (χ4n) is 2.25. The second-order valence-electron chi connectivity index (χ2n) is 4.81. The third-order valence-corrected chi connectivity index (χ3v) is 3.26. The molecule has 1 fully saturated rings. The third kappa shape index (κ3) is 3.02. The van der Waals surface area contributed by atoms with Crippen LogP contribution in [-0.2, 0) is 4.74 Å². The van der Waals surface area contributed by atoms with Crippen molar-refractivity contribution in [1.29, 1.82) is 0 Å². The van der Waals surface area contributed by atoms with E-state index >= 15 is 0 Å². The highest BCUT2D eigenvalue weighted by atomic mass is 16.6. The molecule has 2 atom stereocenters. The van der Waals surface area contributed by atoms with E-state index in [1.807, 2.05) is 11.8 Å². The van der Waals surface area contributed by atoms with Crippen molar-refractivity contribution >= 4 is 11.4 Å². The largest absolute Gasteiger partial charge is 0.389 e. The number of nitrogens with zero attached hydrogens (tertiary/aromatic N) is 2. The highest BCUT2D eigenvalue weighted by Crippen LogP contribution is 2.32. The minimum Gasteiger partial charge on any atom is -0.389 e. The molecule has 0 spiro atoms. The number of aliphatic hydroxyl groups excluding tert-OH is 1. The van der Waals surface area contributed by atoms with E-state index in [4.69, 9.17) is 4.74 Å². The van der Waals surface area contributed by atoms with Gasteiger partial charge in [0.15, 0.2) is 0 Å². The monoisotopic (exact) mass is 266 g/mol. The van der Waals surface area contributed by atoms with Crippen molar-refractivity contribution in [3.05, 3.63) is 33.9 Å². The lowest BCUT2D eigenvalue weighted by molar-refractivity contribution is -0.384. The Kier molecular flexibility index (Phi) is 4.01. The maximum atomic E-state index is 11.2. The number of benzene rings is 1. The summed E-state index contributed by atoms with van der Waals surface area (Å²) in [4.78, 5) is 12.7. The van der Waals surface area contributed by atoms with Crippen molar-refractivity contribution in [3.8, 4) is 0 Å². The average molecular weight is 266 g/mol. The minimum atomic E-state index is -0.712. The molecule has 0 bridgehead atoms. The second-order valence-corrected chi connectivity index (χ2v) is 4.81. The summed E-state index contributed by atoms with van der Waals surface area (Å²) in [6.07, 6.45) is -0.652. The van der Waals surface area contributed by atoms with E-state index in [1.54, 1.807) is 19.1 Å². The lowest BCUT2D eigenvalue weighted by Gasteiger charge is -2.32. The highest BCUT2D eigenvalue weighted by molar-refractivity contribution is 5.64. The number of nitro groups is 1. The van der Waals surface area contributed by atoms with Gasteiger partial charge in [0.2, 0.25) is 0 Å². The van der Waals surface area contributed by atoms with Crippen molar-refractivity contribution in [2.24, 2.45) is 0 Å². The average Bonchev–Trinajstić information content (AvgIpc) is 2.37. The molecule has 2 rings (SSSR count). The van der Waals surface area contributed by atoms with Crippen molar-refractivity contribution in [1.82, 2.24) is 0 Å². The molecule has 1 heterocycles. The molecule has 1 aromatic carbocycles. The molecule has 1 aliphatic rings. The van der Waals surface area contributed by atoms with Crippen molar-refractivity contribution in [2.45, 2.75) is 26.1 Å². The van der Waals surface area contributed by atoms with E-state index < -0.39 is 11.0 Å². The molecule has 104 valence electrons. The number of nitro benzene ring substituents is 1. The van der Waals surface area contributed by atoms with Crippen LogP contribution in [-0.4, -0.2) is 35.8 Å². The Morgan fingerprint density at radius 1 is 1.58 bits per heavy atom. The maximum absolute atomic E-state index is 11.2. The summed E-state index contributed by atoms with van der Waals surface area (Å²) in [6.45, 7) is 5.38. The molecular weight excluding hydrogens is 248 g/mol. The first-order valence-corrected chi connectivity index (χ1v) is 6.32. The van der Waals surface area contributed by atoms with Gasteiger partial charge in [-0.05, 0) is 25.5 Å². The fraction of sp³-hybridized carbons (Fsp3) is 0.538. The molecule has 6 heteroatoms. The first-order valence-electron chi connectivity index (χ1n) is 6.32. The Morgan fingerprint density at radius 3 is 2.89 bits per heavy atom. The molecule has 0 amide bonds. The summed E-state index contributed by atoms with van der Waals surface area (Å²) in [5.74, 6) is 0. The Morgan fingerprint density at radius 2 is 2.32 bits per heavy atom. The lowest BCUT2D eigenvalue weighted by atomic mass is 10.1. The summed E-state index contributed by atoms with van der Waals surface area (Å²) >= 11 is 0. The van der Waals surface area contributed by atoms with E-state index in [9.17, 15) is 15.2 Å². The van der Waals surface area contributed by atoms with Gasteiger partial charge in [-0.2, -0.15) is 0 Å². The Balaban J connectivity index is 2.36. The minimum absolute atomic E-state index is 0.0347. The van der Waals surface area contributed by atoms with Crippen molar-refractivity contribution in [2.75, 3.05) is 24.6 Å². The second kappa shape index (κ2) is 5.54. The molecule has 1 unspecified atom stereocenters. The van der Waals surface area contributed by atoms with E-state index in [1.165, 1.54) is 6.07 Å². The smallest absolute Gasteiger partial charge is 0.292 e. The Labute approximate surface area is 111 Å². The number of morpholine rings is 1. The van der Waals surface area contributed by atoms with Crippen LogP contribution in [0.2, 0.25) is 0 Å². The van der Waals surface area contributed by atoms with Crippen LogP contribution < -0.4 is 4.90 Å². The molecular formula is C13H18N2O4. The van der Waals surface area contributed by atoms with Crippen LogP contribution in [0.5, 0.6) is 0 Å². The first-order chi connectivity index (χ1) is 8.99. The van der Waals surface area contributed by atoms with E-state index in [0.29, 0.717) is 30.9 Å². The van der Waals surface area contributed by atoms with Gasteiger partial charge in [0.25, 0.3) is 5.69 Å². The topological polar surface area (TPSA) is 75.8 Å². The van der Waals surface area contributed by atoms with E-state index in [0.717, 1.165) is 0 Å². The quantitative estimate of drug-likeness (QED) is 0.667. The number of rotatable bonds is 3. The molecule has 1 aliphatic heterocycles. The predicted octanol–water partition coefficient (Wildman–Crippen LogP) is 1.87. The van der Waals surface area contributed by atoms with Gasteiger partial charge in [0.1, 0.15) is 5.69 Å². The summed E-state index contributed by atoms with van der Waals surface area (Å²) < 4.78 is 5.44. The number of hydrogen-bond acceptors (Lipinski definition) is 5. The molecule has 1 N–H and O–H groups in total. The van der Waals surface area contributed by atoms with E-state index in [2.05, 4.69) is 0 Å². The van der Waals surface area contributed by atoms with Crippen LogP contribution >= 0.6 is 0 Å². The molecule has 0 saturated carbocycles. The normalized spacial score (nSPS) is 21.2. The summed E-state index contributed by atoms with van der Waals surface area (Å²) in [5.41, 5.74) is 1.17. The van der Waals surface area contributed by atoms with Gasteiger partial charge in [-0.25, -0.2) is 0 Å². The van der Waals surface area contributed by atoms with Gasteiger partial charge in [-0.3, -0.25) is 10.1 Å². The molecule has 1 saturated heterocycles. The molecule has 1 aromatic rings. The lowest BCUT2D eigenvalue weighted by Crippen LogP contribution is -2.41.